The molecule has 0 fully saturated rings. The average molecular weight is 345 g/mol. The quantitative estimate of drug-likeness (QED) is 0.413. The fourth-order valence-electron chi connectivity index (χ4n) is 2.22. The molecule has 136 valence electrons. The van der Waals surface area contributed by atoms with Gasteiger partial charge in [-0.05, 0) is 31.5 Å². The van der Waals surface area contributed by atoms with E-state index in [1.54, 1.807) is 13.3 Å². The van der Waals surface area contributed by atoms with E-state index >= 15 is 0 Å². The van der Waals surface area contributed by atoms with Crippen molar-refractivity contribution in [3.8, 4) is 11.5 Å². The molecule has 0 atom stereocenters. The Morgan fingerprint density at radius 1 is 1.24 bits per heavy atom. The molecule has 7 nitrogen and oxygen atoms in total. The Bertz CT molecular complexity index is 669. The number of benzene rings is 1. The zero-order valence-electron chi connectivity index (χ0n) is 15.2. The lowest BCUT2D eigenvalue weighted by Crippen LogP contribution is -2.38. The Hall–Kier alpha value is -2.70. The van der Waals surface area contributed by atoms with E-state index in [9.17, 15) is 0 Å². The van der Waals surface area contributed by atoms with Crippen molar-refractivity contribution in [2.45, 2.75) is 19.9 Å². The van der Waals surface area contributed by atoms with Crippen LogP contribution < -0.4 is 20.1 Å². The lowest BCUT2D eigenvalue weighted by Gasteiger charge is -2.12. The van der Waals surface area contributed by atoms with E-state index in [4.69, 9.17) is 9.47 Å². The molecule has 0 unspecified atom stereocenters. The van der Waals surface area contributed by atoms with E-state index < -0.39 is 0 Å². The van der Waals surface area contributed by atoms with Crippen molar-refractivity contribution in [2.24, 2.45) is 12.0 Å². The van der Waals surface area contributed by atoms with Crippen LogP contribution in [0.5, 0.6) is 11.5 Å². The fraction of sp³-hybridized carbons (Fsp3) is 0.444. The van der Waals surface area contributed by atoms with Crippen molar-refractivity contribution in [3.05, 3.63) is 42.2 Å². The molecular formula is C18H27N5O2. The Morgan fingerprint density at radius 2 is 2.08 bits per heavy atom. The van der Waals surface area contributed by atoms with Gasteiger partial charge >= 0.3 is 0 Å². The molecule has 2 rings (SSSR count). The lowest BCUT2D eigenvalue weighted by atomic mass is 10.3. The smallest absolute Gasteiger partial charge is 0.191 e. The number of methoxy groups -OCH3 is 1. The van der Waals surface area contributed by atoms with Crippen LogP contribution in [0, 0.1) is 0 Å². The van der Waals surface area contributed by atoms with Gasteiger partial charge in [0.15, 0.2) is 5.96 Å². The zero-order chi connectivity index (χ0) is 17.9. The molecule has 0 amide bonds. The normalized spacial score (nSPS) is 11.2. The highest BCUT2D eigenvalue weighted by Gasteiger charge is 2.01. The number of hydrogen-bond acceptors (Lipinski definition) is 4. The van der Waals surface area contributed by atoms with Crippen LogP contribution in [0.2, 0.25) is 0 Å². The van der Waals surface area contributed by atoms with Gasteiger partial charge in [0.05, 0.1) is 26.0 Å². The molecule has 1 heterocycles. The van der Waals surface area contributed by atoms with Gasteiger partial charge in [-0.2, -0.15) is 5.10 Å². The molecule has 0 aliphatic rings. The van der Waals surface area contributed by atoms with Gasteiger partial charge in [0.1, 0.15) is 11.5 Å². The fourth-order valence-corrected chi connectivity index (χ4v) is 2.22. The first-order valence-electron chi connectivity index (χ1n) is 8.49. The largest absolute Gasteiger partial charge is 0.497 e. The summed E-state index contributed by atoms with van der Waals surface area (Å²) in [5, 5.41) is 10.7. The van der Waals surface area contributed by atoms with Crippen molar-refractivity contribution >= 4 is 5.96 Å². The number of ether oxygens (including phenoxy) is 2. The first-order chi connectivity index (χ1) is 12.2. The van der Waals surface area contributed by atoms with E-state index in [0.29, 0.717) is 13.2 Å². The number of guanidine groups is 1. The van der Waals surface area contributed by atoms with Gasteiger partial charge in [-0.15, -0.1) is 0 Å². The van der Waals surface area contributed by atoms with Gasteiger partial charge in [0.25, 0.3) is 0 Å². The average Bonchev–Trinajstić information content (AvgIpc) is 3.04. The lowest BCUT2D eigenvalue weighted by molar-refractivity contribution is 0.308. The van der Waals surface area contributed by atoms with Crippen molar-refractivity contribution in [3.63, 3.8) is 0 Å². The van der Waals surface area contributed by atoms with E-state index in [-0.39, 0.29) is 0 Å². The minimum Gasteiger partial charge on any atom is -0.497 e. The monoisotopic (exact) mass is 345 g/mol. The number of aryl methyl sites for hydroxylation is 1. The maximum absolute atomic E-state index is 5.73. The molecule has 1 aromatic heterocycles. The Labute approximate surface area is 149 Å². The molecule has 25 heavy (non-hydrogen) atoms. The molecule has 0 saturated heterocycles. The summed E-state index contributed by atoms with van der Waals surface area (Å²) < 4.78 is 12.7. The van der Waals surface area contributed by atoms with Gasteiger partial charge in [-0.3, -0.25) is 4.68 Å². The third-order valence-electron chi connectivity index (χ3n) is 3.59. The predicted octanol–water partition coefficient (Wildman–Crippen LogP) is 1.95. The Morgan fingerprint density at radius 3 is 2.80 bits per heavy atom. The van der Waals surface area contributed by atoms with E-state index in [1.807, 2.05) is 49.0 Å². The SMILES string of the molecule is CCNC(=NCc1ccnn1C)NCCCOc1cccc(OC)c1. The predicted molar refractivity (Wildman–Crippen MR) is 99.1 cm³/mol. The first kappa shape index (κ1) is 18.6. The molecule has 0 radical (unpaired) electrons. The molecule has 0 bridgehead atoms. The van der Waals surface area contributed by atoms with Crippen LogP contribution in [0.25, 0.3) is 0 Å². The van der Waals surface area contributed by atoms with Crippen LogP contribution in [-0.2, 0) is 13.6 Å². The van der Waals surface area contributed by atoms with Crippen molar-refractivity contribution in [1.29, 1.82) is 0 Å². The van der Waals surface area contributed by atoms with Crippen LogP contribution in [0.4, 0.5) is 0 Å². The molecule has 0 saturated carbocycles. The van der Waals surface area contributed by atoms with Crippen LogP contribution >= 0.6 is 0 Å². The maximum Gasteiger partial charge on any atom is 0.191 e. The van der Waals surface area contributed by atoms with E-state index in [2.05, 4.69) is 20.7 Å². The van der Waals surface area contributed by atoms with E-state index in [1.165, 1.54) is 0 Å². The van der Waals surface area contributed by atoms with Gasteiger partial charge < -0.3 is 20.1 Å². The number of aliphatic imine (C=N–C) groups is 1. The standard InChI is InChI=1S/C18H27N5O2/c1-4-19-18(21-14-15-9-11-22-23(15)2)20-10-6-12-25-17-8-5-7-16(13-17)24-3/h5,7-9,11,13H,4,6,10,12,14H2,1-3H3,(H2,19,20,21). The minimum atomic E-state index is 0.589. The van der Waals surface area contributed by atoms with Crippen LogP contribution in [0.1, 0.15) is 19.0 Å². The number of hydrogen-bond donors (Lipinski definition) is 2. The number of aromatic nitrogens is 2. The molecule has 0 spiro atoms. The van der Waals surface area contributed by atoms with Crippen LogP contribution in [0.3, 0.4) is 0 Å². The molecule has 1 aromatic carbocycles. The molecule has 0 aliphatic heterocycles. The van der Waals surface area contributed by atoms with Crippen LogP contribution in [-0.4, -0.2) is 42.5 Å². The summed E-state index contributed by atoms with van der Waals surface area (Å²) in [5.41, 5.74) is 1.07. The molecule has 7 heteroatoms. The Balaban J connectivity index is 1.72. The molecule has 2 N–H and O–H groups in total. The summed E-state index contributed by atoms with van der Waals surface area (Å²) in [7, 11) is 3.57. The third kappa shape index (κ3) is 6.37. The highest BCUT2D eigenvalue weighted by molar-refractivity contribution is 5.79. The summed E-state index contributed by atoms with van der Waals surface area (Å²) >= 11 is 0. The Kier molecular flexibility index (Phi) is 7.62. The van der Waals surface area contributed by atoms with Gasteiger partial charge in [-0.1, -0.05) is 6.07 Å². The maximum atomic E-state index is 5.73. The van der Waals surface area contributed by atoms with Crippen molar-refractivity contribution < 1.29 is 9.47 Å². The number of nitrogens with zero attached hydrogens (tertiary/aromatic N) is 3. The molecule has 0 aliphatic carbocycles. The van der Waals surface area contributed by atoms with Crippen molar-refractivity contribution in [2.75, 3.05) is 26.8 Å². The summed E-state index contributed by atoms with van der Waals surface area (Å²) in [5.74, 6) is 2.41. The summed E-state index contributed by atoms with van der Waals surface area (Å²) in [6.45, 7) is 4.86. The number of nitrogens with one attached hydrogen (secondary N) is 2. The minimum absolute atomic E-state index is 0.589. The summed E-state index contributed by atoms with van der Waals surface area (Å²) in [4.78, 5) is 4.57. The second-order valence-corrected chi connectivity index (χ2v) is 5.45. The summed E-state index contributed by atoms with van der Waals surface area (Å²) in [6.07, 6.45) is 2.65. The zero-order valence-corrected chi connectivity index (χ0v) is 15.2. The van der Waals surface area contributed by atoms with Gasteiger partial charge in [-0.25, -0.2) is 4.99 Å². The van der Waals surface area contributed by atoms with Crippen LogP contribution in [0.15, 0.2) is 41.5 Å². The molecular weight excluding hydrogens is 318 g/mol. The molecule has 2 aromatic rings. The highest BCUT2D eigenvalue weighted by Crippen LogP contribution is 2.18. The second kappa shape index (κ2) is 10.2. The van der Waals surface area contributed by atoms with Gasteiger partial charge in [0.2, 0.25) is 0 Å². The second-order valence-electron chi connectivity index (χ2n) is 5.45. The number of rotatable bonds is 9. The topological polar surface area (TPSA) is 72.7 Å². The van der Waals surface area contributed by atoms with E-state index in [0.717, 1.165) is 42.7 Å². The summed E-state index contributed by atoms with van der Waals surface area (Å²) in [6, 6.07) is 9.59. The van der Waals surface area contributed by atoms with Gasteiger partial charge in [0, 0.05) is 32.4 Å². The third-order valence-corrected chi connectivity index (χ3v) is 3.59. The van der Waals surface area contributed by atoms with Crippen molar-refractivity contribution in [1.82, 2.24) is 20.4 Å². The highest BCUT2D eigenvalue weighted by atomic mass is 16.5. The first-order valence-corrected chi connectivity index (χ1v) is 8.49.